The van der Waals surface area contributed by atoms with Gasteiger partial charge in [-0.05, 0) is 48.3 Å². The van der Waals surface area contributed by atoms with E-state index in [0.29, 0.717) is 5.92 Å². The molecule has 1 unspecified atom stereocenters. The Bertz CT molecular complexity index is 382. The van der Waals surface area contributed by atoms with Gasteiger partial charge in [0.15, 0.2) is 0 Å². The Kier molecular flexibility index (Phi) is 3.11. The maximum atomic E-state index is 5.35. The van der Waals surface area contributed by atoms with Crippen molar-refractivity contribution in [1.82, 2.24) is 0 Å². The van der Waals surface area contributed by atoms with Gasteiger partial charge in [0.25, 0.3) is 0 Å². The van der Waals surface area contributed by atoms with Gasteiger partial charge in [-0.3, -0.25) is 0 Å². The number of terminal acetylenes is 1. The van der Waals surface area contributed by atoms with Gasteiger partial charge in [0.2, 0.25) is 0 Å². The molecule has 0 radical (unpaired) electrons. The molecule has 0 amide bonds. The van der Waals surface area contributed by atoms with Crippen molar-refractivity contribution in [1.29, 1.82) is 0 Å². The molecule has 1 atom stereocenters. The number of benzene rings is 1. The van der Waals surface area contributed by atoms with E-state index in [0.717, 1.165) is 6.42 Å². The fourth-order valence-electron chi connectivity index (χ4n) is 2.35. The predicted octanol–water partition coefficient (Wildman–Crippen LogP) is 3.69. The van der Waals surface area contributed by atoms with Gasteiger partial charge in [-0.2, -0.15) is 0 Å². The van der Waals surface area contributed by atoms with Crippen molar-refractivity contribution >= 4 is 0 Å². The van der Waals surface area contributed by atoms with Gasteiger partial charge in [-0.1, -0.05) is 25.1 Å². The molecule has 0 heteroatoms. The Morgan fingerprint density at radius 2 is 2.00 bits per heavy atom. The smallest absolute Gasteiger partial charge is 0.0152 e. The van der Waals surface area contributed by atoms with Crippen LogP contribution >= 0.6 is 0 Å². The van der Waals surface area contributed by atoms with E-state index in [4.69, 9.17) is 6.42 Å². The van der Waals surface area contributed by atoms with Crippen LogP contribution in [0.25, 0.3) is 0 Å². The van der Waals surface area contributed by atoms with Crippen molar-refractivity contribution in [3.63, 3.8) is 0 Å². The molecule has 1 aliphatic rings. The molecule has 0 fully saturated rings. The third-order valence-corrected chi connectivity index (χ3v) is 3.37. The van der Waals surface area contributed by atoms with Gasteiger partial charge in [0.1, 0.15) is 0 Å². The predicted molar refractivity (Wildman–Crippen MR) is 64.9 cm³/mol. The average Bonchev–Trinajstić information content (AvgIpc) is 2.29. The van der Waals surface area contributed by atoms with Gasteiger partial charge in [-0.15, -0.1) is 12.3 Å². The van der Waals surface area contributed by atoms with Crippen molar-refractivity contribution in [3.8, 4) is 12.3 Å². The quantitative estimate of drug-likeness (QED) is 0.636. The Morgan fingerprint density at radius 1 is 1.27 bits per heavy atom. The molecule has 1 aliphatic carbocycles. The monoisotopic (exact) mass is 198 g/mol. The highest BCUT2D eigenvalue weighted by molar-refractivity contribution is 5.35. The number of aryl methyl sites for hydroxylation is 2. The standard InChI is InChI=1S/C15H18/c1-3-6-12(2)14-10-9-13-7-4-5-8-15(13)11-14/h1,9-12H,4-8H2,2H3. The number of hydrogen-bond acceptors (Lipinski definition) is 0. The molecule has 0 bridgehead atoms. The van der Waals surface area contributed by atoms with Crippen LogP contribution in [0.3, 0.4) is 0 Å². The first-order valence-electron chi connectivity index (χ1n) is 5.86. The van der Waals surface area contributed by atoms with Crippen LogP contribution in [-0.4, -0.2) is 0 Å². The van der Waals surface area contributed by atoms with Crippen LogP contribution in [0.5, 0.6) is 0 Å². The largest absolute Gasteiger partial charge is 0.120 e. The summed E-state index contributed by atoms with van der Waals surface area (Å²) in [5, 5.41) is 0. The Morgan fingerprint density at radius 3 is 2.73 bits per heavy atom. The summed E-state index contributed by atoms with van der Waals surface area (Å²) in [6.45, 7) is 2.21. The van der Waals surface area contributed by atoms with E-state index in [-0.39, 0.29) is 0 Å². The molecule has 0 aliphatic heterocycles. The highest BCUT2D eigenvalue weighted by atomic mass is 14.2. The van der Waals surface area contributed by atoms with E-state index < -0.39 is 0 Å². The number of fused-ring (bicyclic) bond motifs is 1. The van der Waals surface area contributed by atoms with Crippen LogP contribution in [0.15, 0.2) is 18.2 Å². The van der Waals surface area contributed by atoms with Crippen LogP contribution in [0, 0.1) is 12.3 Å². The van der Waals surface area contributed by atoms with Crippen LogP contribution in [0.4, 0.5) is 0 Å². The highest BCUT2D eigenvalue weighted by Crippen LogP contribution is 2.26. The fourth-order valence-corrected chi connectivity index (χ4v) is 2.35. The zero-order valence-corrected chi connectivity index (χ0v) is 9.42. The van der Waals surface area contributed by atoms with Crippen LogP contribution in [0.1, 0.15) is 48.8 Å². The lowest BCUT2D eigenvalue weighted by molar-refractivity contribution is 0.681. The molecule has 0 saturated carbocycles. The molecule has 0 heterocycles. The van der Waals surface area contributed by atoms with E-state index >= 15 is 0 Å². The van der Waals surface area contributed by atoms with Gasteiger partial charge < -0.3 is 0 Å². The van der Waals surface area contributed by atoms with E-state index in [1.54, 1.807) is 11.1 Å². The minimum Gasteiger partial charge on any atom is -0.120 e. The topological polar surface area (TPSA) is 0 Å². The highest BCUT2D eigenvalue weighted by Gasteiger charge is 2.11. The van der Waals surface area contributed by atoms with Gasteiger partial charge >= 0.3 is 0 Å². The molecule has 78 valence electrons. The van der Waals surface area contributed by atoms with E-state index in [1.807, 2.05) is 0 Å². The lowest BCUT2D eigenvalue weighted by Gasteiger charge is -2.18. The zero-order valence-electron chi connectivity index (χ0n) is 9.42. The molecule has 2 rings (SSSR count). The summed E-state index contributed by atoms with van der Waals surface area (Å²) in [4.78, 5) is 0. The number of rotatable bonds is 2. The number of hydrogen-bond donors (Lipinski definition) is 0. The second-order valence-corrected chi connectivity index (χ2v) is 4.54. The molecule has 1 aromatic carbocycles. The molecule has 0 saturated heterocycles. The van der Waals surface area contributed by atoms with E-state index in [2.05, 4.69) is 31.0 Å². The molecule has 1 aromatic rings. The van der Waals surface area contributed by atoms with Crippen LogP contribution < -0.4 is 0 Å². The average molecular weight is 198 g/mol. The lowest BCUT2D eigenvalue weighted by Crippen LogP contribution is -2.04. The first-order chi connectivity index (χ1) is 7.31. The fraction of sp³-hybridized carbons (Fsp3) is 0.467. The molecule has 0 aromatic heterocycles. The van der Waals surface area contributed by atoms with Crippen molar-refractivity contribution < 1.29 is 0 Å². The van der Waals surface area contributed by atoms with Crippen molar-refractivity contribution in [2.45, 2.75) is 44.9 Å². The SMILES string of the molecule is C#CCC(C)c1ccc2c(c1)CCCC2. The van der Waals surface area contributed by atoms with Gasteiger partial charge in [0.05, 0.1) is 0 Å². The molecular weight excluding hydrogens is 180 g/mol. The summed E-state index contributed by atoms with van der Waals surface area (Å²) in [7, 11) is 0. The minimum atomic E-state index is 0.502. The molecule has 0 spiro atoms. The summed E-state index contributed by atoms with van der Waals surface area (Å²) >= 11 is 0. The summed E-state index contributed by atoms with van der Waals surface area (Å²) in [5.41, 5.74) is 4.52. The van der Waals surface area contributed by atoms with Crippen molar-refractivity contribution in [2.75, 3.05) is 0 Å². The molecule has 15 heavy (non-hydrogen) atoms. The third-order valence-electron chi connectivity index (χ3n) is 3.37. The van der Waals surface area contributed by atoms with Crippen molar-refractivity contribution in [2.24, 2.45) is 0 Å². The zero-order chi connectivity index (χ0) is 10.7. The van der Waals surface area contributed by atoms with E-state index in [9.17, 15) is 0 Å². The minimum absolute atomic E-state index is 0.502. The normalized spacial score (nSPS) is 16.5. The summed E-state index contributed by atoms with van der Waals surface area (Å²) in [5.74, 6) is 3.25. The second kappa shape index (κ2) is 4.53. The summed E-state index contributed by atoms with van der Waals surface area (Å²) in [6, 6.07) is 6.93. The van der Waals surface area contributed by atoms with Crippen LogP contribution in [0.2, 0.25) is 0 Å². The van der Waals surface area contributed by atoms with Gasteiger partial charge in [-0.25, -0.2) is 0 Å². The Hall–Kier alpha value is -1.22. The Labute approximate surface area is 92.7 Å². The van der Waals surface area contributed by atoms with Crippen molar-refractivity contribution in [3.05, 3.63) is 34.9 Å². The molecular formula is C15H18. The maximum Gasteiger partial charge on any atom is 0.0152 e. The van der Waals surface area contributed by atoms with Gasteiger partial charge in [0, 0.05) is 6.42 Å². The maximum absolute atomic E-state index is 5.35. The summed E-state index contributed by atoms with van der Waals surface area (Å²) < 4.78 is 0. The molecule has 0 nitrogen and oxygen atoms in total. The second-order valence-electron chi connectivity index (χ2n) is 4.54. The van der Waals surface area contributed by atoms with Crippen LogP contribution in [-0.2, 0) is 12.8 Å². The lowest BCUT2D eigenvalue weighted by atomic mass is 9.87. The molecule has 0 N–H and O–H groups in total. The first-order valence-corrected chi connectivity index (χ1v) is 5.86. The third kappa shape index (κ3) is 2.23. The Balaban J connectivity index is 2.24. The van der Waals surface area contributed by atoms with E-state index in [1.165, 1.54) is 31.2 Å². The summed E-state index contributed by atoms with van der Waals surface area (Å²) in [6.07, 6.45) is 11.4. The first kappa shape index (κ1) is 10.3.